The first-order valence-electron chi connectivity index (χ1n) is 9.78. The third kappa shape index (κ3) is 3.58. The summed E-state index contributed by atoms with van der Waals surface area (Å²) in [6.07, 6.45) is 5.69. The first-order valence-corrected chi connectivity index (χ1v) is 9.78. The summed E-state index contributed by atoms with van der Waals surface area (Å²) in [6.45, 7) is 6.84. The van der Waals surface area contributed by atoms with Crippen LogP contribution in [0.4, 0.5) is 0 Å². The lowest BCUT2D eigenvalue weighted by molar-refractivity contribution is -0.127. The second kappa shape index (κ2) is 7.31. The van der Waals surface area contributed by atoms with E-state index in [1.807, 2.05) is 4.90 Å². The van der Waals surface area contributed by atoms with Gasteiger partial charge in [0.2, 0.25) is 5.91 Å². The van der Waals surface area contributed by atoms with Gasteiger partial charge in [0, 0.05) is 58.3 Å². The Kier molecular flexibility index (Phi) is 4.90. The summed E-state index contributed by atoms with van der Waals surface area (Å²) in [5.41, 5.74) is 1.22. The standard InChI is InChI=1S/C21H29N3O2/c1-16(25)24-13-6-17(15-24)14-23-11-7-18(8-12-23)26-21-5-3-4-20-19(21)9-10-22(20)2/h3-5,9-10,17-18H,6-8,11-15H2,1-2H3. The summed E-state index contributed by atoms with van der Waals surface area (Å²) in [6, 6.07) is 8.44. The van der Waals surface area contributed by atoms with Crippen molar-refractivity contribution in [1.29, 1.82) is 0 Å². The number of hydrogen-bond acceptors (Lipinski definition) is 3. The maximum Gasteiger partial charge on any atom is 0.219 e. The fraction of sp³-hybridized carbons (Fsp3) is 0.571. The number of ether oxygens (including phenoxy) is 1. The molecule has 5 heteroatoms. The average molecular weight is 355 g/mol. The van der Waals surface area contributed by atoms with Crippen LogP contribution in [0.15, 0.2) is 30.5 Å². The molecule has 1 aromatic heterocycles. The van der Waals surface area contributed by atoms with Gasteiger partial charge in [-0.1, -0.05) is 6.07 Å². The van der Waals surface area contributed by atoms with E-state index in [1.165, 1.54) is 10.9 Å². The molecule has 2 fully saturated rings. The van der Waals surface area contributed by atoms with E-state index in [0.29, 0.717) is 12.0 Å². The smallest absolute Gasteiger partial charge is 0.219 e. The number of aryl methyl sites for hydroxylation is 1. The molecule has 2 saturated heterocycles. The van der Waals surface area contributed by atoms with Crippen molar-refractivity contribution in [2.75, 3.05) is 32.7 Å². The average Bonchev–Trinajstić information content (AvgIpc) is 3.25. The van der Waals surface area contributed by atoms with Gasteiger partial charge in [-0.05, 0) is 43.4 Å². The molecule has 5 nitrogen and oxygen atoms in total. The minimum absolute atomic E-state index is 0.217. The van der Waals surface area contributed by atoms with Gasteiger partial charge in [0.25, 0.3) is 0 Å². The zero-order chi connectivity index (χ0) is 18.1. The van der Waals surface area contributed by atoms with Crippen LogP contribution in [0.1, 0.15) is 26.2 Å². The Balaban J connectivity index is 1.29. The third-order valence-electron chi connectivity index (χ3n) is 5.96. The first-order chi connectivity index (χ1) is 12.6. The number of likely N-dealkylation sites (tertiary alicyclic amines) is 2. The minimum atomic E-state index is 0.217. The summed E-state index contributed by atoms with van der Waals surface area (Å²) in [5, 5.41) is 1.20. The van der Waals surface area contributed by atoms with Crippen LogP contribution in [-0.2, 0) is 11.8 Å². The molecular formula is C21H29N3O2. The number of carbonyl (C=O) groups is 1. The predicted molar refractivity (Wildman–Crippen MR) is 103 cm³/mol. The molecule has 0 saturated carbocycles. The van der Waals surface area contributed by atoms with Gasteiger partial charge in [-0.15, -0.1) is 0 Å². The van der Waals surface area contributed by atoms with Crippen molar-refractivity contribution in [1.82, 2.24) is 14.4 Å². The Morgan fingerprint density at radius 3 is 2.69 bits per heavy atom. The number of aromatic nitrogens is 1. The third-order valence-corrected chi connectivity index (χ3v) is 5.96. The molecule has 3 heterocycles. The van der Waals surface area contributed by atoms with Crippen molar-refractivity contribution >= 4 is 16.8 Å². The van der Waals surface area contributed by atoms with E-state index in [0.717, 1.165) is 57.7 Å². The van der Waals surface area contributed by atoms with Crippen LogP contribution in [0.5, 0.6) is 5.75 Å². The highest BCUT2D eigenvalue weighted by Gasteiger charge is 2.28. The normalized spacial score (nSPS) is 22.2. The van der Waals surface area contributed by atoms with E-state index >= 15 is 0 Å². The van der Waals surface area contributed by atoms with Crippen LogP contribution in [0.3, 0.4) is 0 Å². The highest BCUT2D eigenvalue weighted by Crippen LogP contribution is 2.29. The van der Waals surface area contributed by atoms with Crippen LogP contribution in [-0.4, -0.2) is 59.1 Å². The maximum absolute atomic E-state index is 11.5. The monoisotopic (exact) mass is 355 g/mol. The molecule has 0 spiro atoms. The van der Waals surface area contributed by atoms with Gasteiger partial charge >= 0.3 is 0 Å². The molecule has 1 unspecified atom stereocenters. The van der Waals surface area contributed by atoms with Crippen LogP contribution >= 0.6 is 0 Å². The molecule has 2 aliphatic heterocycles. The van der Waals surface area contributed by atoms with Crippen LogP contribution in [0.25, 0.3) is 10.9 Å². The van der Waals surface area contributed by atoms with Gasteiger partial charge in [-0.25, -0.2) is 0 Å². The lowest BCUT2D eigenvalue weighted by atomic mass is 10.0. The Morgan fingerprint density at radius 2 is 1.96 bits per heavy atom. The molecule has 0 bridgehead atoms. The Hall–Kier alpha value is -2.01. The van der Waals surface area contributed by atoms with Gasteiger partial charge in [0.05, 0.1) is 5.52 Å². The van der Waals surface area contributed by atoms with E-state index < -0.39 is 0 Å². The number of benzene rings is 1. The SMILES string of the molecule is CC(=O)N1CCC(CN2CCC(Oc3cccc4c3ccn4C)CC2)C1. The minimum Gasteiger partial charge on any atom is -0.490 e. The number of amides is 1. The molecular weight excluding hydrogens is 326 g/mol. The van der Waals surface area contributed by atoms with E-state index in [1.54, 1.807) is 6.92 Å². The molecule has 1 atom stereocenters. The summed E-state index contributed by atoms with van der Waals surface area (Å²) in [5.74, 6) is 1.86. The number of rotatable bonds is 4. The topological polar surface area (TPSA) is 37.7 Å². The molecule has 1 amide bonds. The summed E-state index contributed by atoms with van der Waals surface area (Å²) < 4.78 is 8.49. The molecule has 0 radical (unpaired) electrons. The van der Waals surface area contributed by atoms with Gasteiger partial charge in [-0.3, -0.25) is 4.79 Å². The molecule has 0 N–H and O–H groups in total. The molecule has 2 aliphatic rings. The number of carbonyl (C=O) groups excluding carboxylic acids is 1. The fourth-order valence-corrected chi connectivity index (χ4v) is 4.40. The van der Waals surface area contributed by atoms with E-state index in [9.17, 15) is 4.79 Å². The van der Waals surface area contributed by atoms with Crippen molar-refractivity contribution in [2.45, 2.75) is 32.3 Å². The zero-order valence-corrected chi connectivity index (χ0v) is 15.9. The van der Waals surface area contributed by atoms with E-state index in [2.05, 4.69) is 47.0 Å². The second-order valence-corrected chi connectivity index (χ2v) is 7.85. The van der Waals surface area contributed by atoms with Gasteiger partial charge < -0.3 is 19.1 Å². The van der Waals surface area contributed by atoms with Crippen molar-refractivity contribution in [3.05, 3.63) is 30.5 Å². The number of nitrogens with zero attached hydrogens (tertiary/aromatic N) is 3. The fourth-order valence-electron chi connectivity index (χ4n) is 4.40. The highest BCUT2D eigenvalue weighted by molar-refractivity contribution is 5.86. The Morgan fingerprint density at radius 1 is 1.15 bits per heavy atom. The molecule has 0 aliphatic carbocycles. The lowest BCUT2D eigenvalue weighted by Gasteiger charge is -2.33. The molecule has 4 rings (SSSR count). The van der Waals surface area contributed by atoms with Crippen LogP contribution in [0.2, 0.25) is 0 Å². The zero-order valence-electron chi connectivity index (χ0n) is 15.9. The largest absolute Gasteiger partial charge is 0.490 e. The summed E-state index contributed by atoms with van der Waals surface area (Å²) >= 11 is 0. The Bertz CT molecular complexity index is 777. The van der Waals surface area contributed by atoms with E-state index in [-0.39, 0.29) is 5.91 Å². The quantitative estimate of drug-likeness (QED) is 0.846. The van der Waals surface area contributed by atoms with Gasteiger partial charge in [0.1, 0.15) is 11.9 Å². The van der Waals surface area contributed by atoms with Gasteiger partial charge in [0.15, 0.2) is 0 Å². The summed E-state index contributed by atoms with van der Waals surface area (Å²) in [7, 11) is 2.07. The number of fused-ring (bicyclic) bond motifs is 1. The summed E-state index contributed by atoms with van der Waals surface area (Å²) in [4.78, 5) is 16.0. The highest BCUT2D eigenvalue weighted by atomic mass is 16.5. The van der Waals surface area contributed by atoms with E-state index in [4.69, 9.17) is 4.74 Å². The maximum atomic E-state index is 11.5. The van der Waals surface area contributed by atoms with Gasteiger partial charge in [-0.2, -0.15) is 0 Å². The molecule has 140 valence electrons. The van der Waals surface area contributed by atoms with Crippen molar-refractivity contribution in [3.63, 3.8) is 0 Å². The Labute approximate surface area is 155 Å². The second-order valence-electron chi connectivity index (χ2n) is 7.85. The number of piperidine rings is 1. The van der Waals surface area contributed by atoms with Crippen molar-refractivity contribution in [2.24, 2.45) is 13.0 Å². The first kappa shape index (κ1) is 17.4. The molecule has 2 aromatic rings. The van der Waals surface area contributed by atoms with Crippen LogP contribution in [0, 0.1) is 5.92 Å². The van der Waals surface area contributed by atoms with Crippen LogP contribution < -0.4 is 4.74 Å². The predicted octanol–water partition coefficient (Wildman–Crippen LogP) is 2.89. The molecule has 1 aromatic carbocycles. The van der Waals surface area contributed by atoms with Crippen molar-refractivity contribution < 1.29 is 9.53 Å². The van der Waals surface area contributed by atoms with Crippen molar-refractivity contribution in [3.8, 4) is 5.75 Å². The number of hydrogen-bond donors (Lipinski definition) is 0. The molecule has 26 heavy (non-hydrogen) atoms. The lowest BCUT2D eigenvalue weighted by Crippen LogP contribution is -2.41.